The Kier molecular flexibility index (Phi) is 1.99. The quantitative estimate of drug-likeness (QED) is 0.716. The average Bonchev–Trinajstić information content (AvgIpc) is 2.17. The summed E-state index contributed by atoms with van der Waals surface area (Å²) in [6.45, 7) is 2.00. The Balaban J connectivity index is 2.76. The van der Waals surface area contributed by atoms with Gasteiger partial charge in [0, 0.05) is 23.8 Å². The third-order valence-corrected chi connectivity index (χ3v) is 2.21. The number of nitrogens with zero attached hydrogens (tertiary/aromatic N) is 1. The van der Waals surface area contributed by atoms with Crippen LogP contribution in [0.3, 0.4) is 0 Å². The summed E-state index contributed by atoms with van der Waals surface area (Å²) in [7, 11) is 0. The first-order valence-corrected chi connectivity index (χ1v) is 4.37. The molecule has 0 amide bonds. The van der Waals surface area contributed by atoms with Gasteiger partial charge in [0.05, 0.1) is 0 Å². The molecular formula is C11H12N2. The van der Waals surface area contributed by atoms with Crippen LogP contribution in [0.15, 0.2) is 36.7 Å². The number of rotatable bonds is 1. The van der Waals surface area contributed by atoms with Crippen LogP contribution >= 0.6 is 0 Å². The lowest BCUT2D eigenvalue weighted by Gasteiger charge is -2.08. The topological polar surface area (TPSA) is 38.9 Å². The van der Waals surface area contributed by atoms with Gasteiger partial charge < -0.3 is 5.73 Å². The lowest BCUT2D eigenvalue weighted by atomic mass is 10.0. The first-order chi connectivity index (χ1) is 6.29. The van der Waals surface area contributed by atoms with Crippen LogP contribution in [0, 0.1) is 0 Å². The highest BCUT2D eigenvalue weighted by molar-refractivity contribution is 5.85. The van der Waals surface area contributed by atoms with Gasteiger partial charge in [-0.3, -0.25) is 4.98 Å². The Morgan fingerprint density at radius 2 is 2.15 bits per heavy atom. The fraction of sp³-hybridized carbons (Fsp3) is 0.182. The van der Waals surface area contributed by atoms with Gasteiger partial charge in [-0.1, -0.05) is 18.2 Å². The number of benzene rings is 1. The van der Waals surface area contributed by atoms with Crippen molar-refractivity contribution in [3.05, 3.63) is 42.2 Å². The molecule has 0 fully saturated rings. The molecule has 13 heavy (non-hydrogen) atoms. The molecule has 1 aromatic carbocycles. The molecule has 0 aliphatic carbocycles. The second kappa shape index (κ2) is 3.15. The van der Waals surface area contributed by atoms with Crippen molar-refractivity contribution in [2.45, 2.75) is 13.0 Å². The van der Waals surface area contributed by atoms with Gasteiger partial charge >= 0.3 is 0 Å². The van der Waals surface area contributed by atoms with Crippen molar-refractivity contribution < 1.29 is 0 Å². The van der Waals surface area contributed by atoms with E-state index >= 15 is 0 Å². The predicted molar refractivity (Wildman–Crippen MR) is 54.3 cm³/mol. The molecule has 2 N–H and O–H groups in total. The molecule has 0 saturated carbocycles. The highest BCUT2D eigenvalue weighted by Crippen LogP contribution is 2.21. The summed E-state index contributed by atoms with van der Waals surface area (Å²) in [6.07, 6.45) is 3.66. The first-order valence-electron chi connectivity index (χ1n) is 4.37. The van der Waals surface area contributed by atoms with Gasteiger partial charge in [0.15, 0.2) is 0 Å². The molecule has 0 unspecified atom stereocenters. The summed E-state index contributed by atoms with van der Waals surface area (Å²) >= 11 is 0. The van der Waals surface area contributed by atoms with Gasteiger partial charge in [-0.15, -0.1) is 0 Å². The third-order valence-electron chi connectivity index (χ3n) is 2.21. The molecule has 1 aromatic heterocycles. The maximum atomic E-state index is 5.86. The molecule has 2 rings (SSSR count). The highest BCUT2D eigenvalue weighted by atomic mass is 14.6. The molecule has 0 bridgehead atoms. The van der Waals surface area contributed by atoms with Crippen LogP contribution in [-0.4, -0.2) is 4.98 Å². The minimum atomic E-state index is 0.0751. The zero-order chi connectivity index (χ0) is 9.26. The fourth-order valence-corrected chi connectivity index (χ4v) is 1.54. The van der Waals surface area contributed by atoms with Gasteiger partial charge in [0.25, 0.3) is 0 Å². The summed E-state index contributed by atoms with van der Waals surface area (Å²) in [5.74, 6) is 0. The SMILES string of the molecule is C[C@H](N)c1cccc2cnccc12. The normalized spacial score (nSPS) is 13.1. The van der Waals surface area contributed by atoms with Crippen LogP contribution < -0.4 is 5.73 Å². The number of nitrogens with two attached hydrogens (primary N) is 1. The van der Waals surface area contributed by atoms with Crippen LogP contribution in [0.25, 0.3) is 10.8 Å². The Bertz CT molecular complexity index is 416. The highest BCUT2D eigenvalue weighted by Gasteiger charge is 2.03. The molecule has 2 aromatic rings. The van der Waals surface area contributed by atoms with E-state index in [1.807, 2.05) is 31.3 Å². The van der Waals surface area contributed by atoms with Crippen LogP contribution in [0.4, 0.5) is 0 Å². The van der Waals surface area contributed by atoms with E-state index in [4.69, 9.17) is 5.73 Å². The van der Waals surface area contributed by atoms with E-state index in [0.29, 0.717) is 0 Å². The van der Waals surface area contributed by atoms with Gasteiger partial charge in [-0.25, -0.2) is 0 Å². The molecule has 2 heteroatoms. The average molecular weight is 172 g/mol. The van der Waals surface area contributed by atoms with Gasteiger partial charge in [-0.2, -0.15) is 0 Å². The second-order valence-corrected chi connectivity index (χ2v) is 3.23. The summed E-state index contributed by atoms with van der Waals surface area (Å²) in [5, 5.41) is 2.35. The van der Waals surface area contributed by atoms with Crippen LogP contribution in [0.2, 0.25) is 0 Å². The summed E-state index contributed by atoms with van der Waals surface area (Å²) in [6, 6.07) is 8.21. The van der Waals surface area contributed by atoms with E-state index in [2.05, 4.69) is 11.1 Å². The van der Waals surface area contributed by atoms with E-state index in [0.717, 1.165) is 5.39 Å². The third kappa shape index (κ3) is 1.40. The number of pyridine rings is 1. The molecule has 2 nitrogen and oxygen atoms in total. The lowest BCUT2D eigenvalue weighted by molar-refractivity contribution is 0.826. The molecule has 0 spiro atoms. The molecular weight excluding hydrogens is 160 g/mol. The van der Waals surface area contributed by atoms with Crippen LogP contribution in [0.1, 0.15) is 18.5 Å². The van der Waals surface area contributed by atoms with Crippen molar-refractivity contribution in [3.63, 3.8) is 0 Å². The van der Waals surface area contributed by atoms with E-state index in [-0.39, 0.29) is 6.04 Å². The number of aromatic nitrogens is 1. The molecule has 1 heterocycles. The molecule has 0 aliphatic heterocycles. The van der Waals surface area contributed by atoms with Crippen molar-refractivity contribution in [2.24, 2.45) is 5.73 Å². The largest absolute Gasteiger partial charge is 0.324 e. The van der Waals surface area contributed by atoms with E-state index in [1.165, 1.54) is 10.9 Å². The predicted octanol–water partition coefficient (Wildman–Crippen LogP) is 2.25. The minimum absolute atomic E-state index is 0.0751. The summed E-state index contributed by atoms with van der Waals surface area (Å²) in [4.78, 5) is 4.07. The molecule has 0 saturated heterocycles. The smallest absolute Gasteiger partial charge is 0.0346 e. The zero-order valence-electron chi connectivity index (χ0n) is 7.57. The summed E-state index contributed by atoms with van der Waals surface area (Å²) < 4.78 is 0. The lowest BCUT2D eigenvalue weighted by Crippen LogP contribution is -2.05. The minimum Gasteiger partial charge on any atom is -0.324 e. The van der Waals surface area contributed by atoms with Crippen molar-refractivity contribution >= 4 is 10.8 Å². The maximum Gasteiger partial charge on any atom is 0.0346 e. The molecule has 0 aliphatic rings. The first kappa shape index (κ1) is 8.20. The fourth-order valence-electron chi connectivity index (χ4n) is 1.54. The maximum absolute atomic E-state index is 5.86. The van der Waals surface area contributed by atoms with Crippen molar-refractivity contribution in [1.29, 1.82) is 0 Å². The van der Waals surface area contributed by atoms with Crippen LogP contribution in [0.5, 0.6) is 0 Å². The molecule has 0 radical (unpaired) electrons. The van der Waals surface area contributed by atoms with Gasteiger partial charge in [-0.05, 0) is 23.9 Å². The Morgan fingerprint density at radius 3 is 2.92 bits per heavy atom. The van der Waals surface area contributed by atoms with Crippen molar-refractivity contribution in [2.75, 3.05) is 0 Å². The second-order valence-electron chi connectivity index (χ2n) is 3.23. The standard InChI is InChI=1S/C11H12N2/c1-8(12)10-4-2-3-9-7-13-6-5-11(9)10/h2-8H,12H2,1H3/t8-/m0/s1. The molecule has 1 atom stereocenters. The molecule has 66 valence electrons. The number of hydrogen-bond donors (Lipinski definition) is 1. The Hall–Kier alpha value is -1.41. The van der Waals surface area contributed by atoms with Crippen molar-refractivity contribution in [1.82, 2.24) is 4.98 Å². The van der Waals surface area contributed by atoms with Gasteiger partial charge in [0.1, 0.15) is 0 Å². The van der Waals surface area contributed by atoms with E-state index < -0.39 is 0 Å². The Labute approximate surface area is 77.4 Å². The zero-order valence-corrected chi connectivity index (χ0v) is 7.57. The van der Waals surface area contributed by atoms with Crippen molar-refractivity contribution in [3.8, 4) is 0 Å². The number of fused-ring (bicyclic) bond motifs is 1. The number of hydrogen-bond acceptors (Lipinski definition) is 2. The summed E-state index contributed by atoms with van der Waals surface area (Å²) in [5.41, 5.74) is 7.04. The Morgan fingerprint density at radius 1 is 1.31 bits per heavy atom. The van der Waals surface area contributed by atoms with E-state index in [1.54, 1.807) is 6.20 Å². The van der Waals surface area contributed by atoms with Gasteiger partial charge in [0.2, 0.25) is 0 Å². The van der Waals surface area contributed by atoms with Crippen LogP contribution in [-0.2, 0) is 0 Å². The van der Waals surface area contributed by atoms with E-state index in [9.17, 15) is 0 Å². The monoisotopic (exact) mass is 172 g/mol.